The van der Waals surface area contributed by atoms with Gasteiger partial charge in [-0.05, 0) is 69.0 Å². The number of nitrogens with one attached hydrogen (secondary N) is 1. The van der Waals surface area contributed by atoms with Crippen LogP contribution in [0.1, 0.15) is 50.4 Å². The van der Waals surface area contributed by atoms with E-state index >= 15 is 0 Å². The van der Waals surface area contributed by atoms with Crippen LogP contribution >= 0.6 is 11.6 Å². The van der Waals surface area contributed by atoms with Gasteiger partial charge in [0.15, 0.2) is 0 Å². The van der Waals surface area contributed by atoms with Crippen molar-refractivity contribution in [2.75, 3.05) is 32.4 Å². The molecule has 0 aliphatic carbocycles. The van der Waals surface area contributed by atoms with Gasteiger partial charge < -0.3 is 20.1 Å². The Bertz CT molecular complexity index is 1730. The summed E-state index contributed by atoms with van der Waals surface area (Å²) in [6.45, 7) is 7.41. The van der Waals surface area contributed by atoms with Crippen LogP contribution in [-0.4, -0.2) is 88.8 Å². The van der Waals surface area contributed by atoms with Crippen molar-refractivity contribution in [2.24, 2.45) is 0 Å². The van der Waals surface area contributed by atoms with Crippen LogP contribution < -0.4 is 5.32 Å². The lowest BCUT2D eigenvalue weighted by atomic mass is 9.94. The third-order valence-corrected chi connectivity index (χ3v) is 9.98. The van der Waals surface area contributed by atoms with Gasteiger partial charge in [-0.25, -0.2) is 13.2 Å². The lowest BCUT2D eigenvalue weighted by Crippen LogP contribution is -2.48. The average Bonchev–Trinajstić information content (AvgIpc) is 3.33. The van der Waals surface area contributed by atoms with E-state index in [-0.39, 0.29) is 31.2 Å². The molecule has 1 atom stereocenters. The molecule has 1 aromatic heterocycles. The summed E-state index contributed by atoms with van der Waals surface area (Å²) < 4.78 is 75.6. The van der Waals surface area contributed by atoms with Gasteiger partial charge >= 0.3 is 12.3 Å². The molecule has 5 rings (SSSR count). The van der Waals surface area contributed by atoms with E-state index in [1.54, 1.807) is 25.5 Å². The molecule has 0 saturated carbocycles. The maximum Gasteiger partial charge on any atom is 0.417 e. The number of carbonyl (C=O) groups is 1. The minimum atomic E-state index is -4.62. The minimum absolute atomic E-state index is 0.00899. The Morgan fingerprint density at radius 1 is 1.06 bits per heavy atom. The van der Waals surface area contributed by atoms with Gasteiger partial charge in [-0.15, -0.1) is 0 Å². The van der Waals surface area contributed by atoms with Crippen molar-refractivity contribution in [2.45, 2.75) is 77.0 Å². The number of amides is 1. The molecular weight excluding hydrogens is 671 g/mol. The van der Waals surface area contributed by atoms with Gasteiger partial charge in [-0.1, -0.05) is 29.8 Å². The van der Waals surface area contributed by atoms with E-state index in [0.717, 1.165) is 18.0 Å². The summed E-state index contributed by atoms with van der Waals surface area (Å²) in [5.41, 5.74) is 0.943. The number of halogens is 4. The minimum Gasteiger partial charge on any atom is -0.444 e. The Morgan fingerprint density at radius 3 is 2.31 bits per heavy atom. The molecule has 0 bridgehead atoms. The van der Waals surface area contributed by atoms with Gasteiger partial charge in [-0.2, -0.15) is 22.6 Å². The van der Waals surface area contributed by atoms with Crippen molar-refractivity contribution in [3.63, 3.8) is 0 Å². The highest BCUT2D eigenvalue weighted by Crippen LogP contribution is 2.41. The quantitative estimate of drug-likeness (QED) is 0.315. The molecule has 0 spiro atoms. The summed E-state index contributed by atoms with van der Waals surface area (Å²) in [5, 5.41) is 19.2. The van der Waals surface area contributed by atoms with E-state index in [9.17, 15) is 31.5 Å². The second-order valence-electron chi connectivity index (χ2n) is 13.4. The fourth-order valence-electron chi connectivity index (χ4n) is 6.23. The summed E-state index contributed by atoms with van der Waals surface area (Å²) >= 11 is 6.00. The maximum absolute atomic E-state index is 14.1. The molecule has 2 aromatic carbocycles. The monoisotopic (exact) mass is 711 g/mol. The fraction of sp³-hybridized carbons (Fsp3) is 0.515. The molecule has 3 heterocycles. The predicted octanol–water partition coefficient (Wildman–Crippen LogP) is 5.56. The molecule has 2 aliphatic heterocycles. The number of nitrogens with zero attached hydrogens (tertiary/aromatic N) is 4. The average molecular weight is 712 g/mol. The number of hydrogen-bond acceptors (Lipinski definition) is 7. The molecule has 1 fully saturated rings. The second kappa shape index (κ2) is 14.0. The number of aromatic nitrogens is 2. The third kappa shape index (κ3) is 8.89. The number of rotatable bonds is 8. The lowest BCUT2D eigenvalue weighted by Gasteiger charge is -2.34. The van der Waals surface area contributed by atoms with Crippen molar-refractivity contribution in [3.05, 3.63) is 64.3 Å². The number of alkyl carbamates (subject to hydrolysis) is 1. The van der Waals surface area contributed by atoms with Crippen molar-refractivity contribution in [3.8, 4) is 22.4 Å². The molecule has 1 unspecified atom stereocenters. The van der Waals surface area contributed by atoms with Gasteiger partial charge in [0, 0.05) is 67.0 Å². The summed E-state index contributed by atoms with van der Waals surface area (Å²) in [6.07, 6.45) is -3.07. The van der Waals surface area contributed by atoms with E-state index in [2.05, 4.69) is 10.2 Å². The normalized spacial score (nSPS) is 17.6. The van der Waals surface area contributed by atoms with Crippen LogP contribution in [0, 0.1) is 0 Å². The number of ether oxygens (including phenoxy) is 1. The zero-order valence-corrected chi connectivity index (χ0v) is 28.9. The number of β-amino-alcohol motifs (C(OH)–C–C–N with tert-alkyl or cyclic N) is 1. The van der Waals surface area contributed by atoms with E-state index in [4.69, 9.17) is 21.4 Å². The van der Waals surface area contributed by atoms with Crippen LogP contribution in [0.5, 0.6) is 0 Å². The largest absolute Gasteiger partial charge is 0.444 e. The van der Waals surface area contributed by atoms with Gasteiger partial charge in [-0.3, -0.25) is 4.68 Å². The van der Waals surface area contributed by atoms with Crippen molar-refractivity contribution in [1.29, 1.82) is 0 Å². The first-order valence-electron chi connectivity index (χ1n) is 15.8. The third-order valence-electron chi connectivity index (χ3n) is 8.48. The first kappa shape index (κ1) is 36.1. The first-order chi connectivity index (χ1) is 22.4. The molecular formula is C33H41ClF3N5O5S. The Hall–Kier alpha value is -3.17. The van der Waals surface area contributed by atoms with E-state index in [0.29, 0.717) is 66.3 Å². The number of carbonyl (C=O) groups excluding carboxylic acids is 1. The summed E-state index contributed by atoms with van der Waals surface area (Å²) in [5.74, 6) is 0. The van der Waals surface area contributed by atoms with Crippen LogP contribution in [0.3, 0.4) is 0 Å². The van der Waals surface area contributed by atoms with Crippen molar-refractivity contribution < 1.29 is 36.2 Å². The number of alkyl halides is 3. The smallest absolute Gasteiger partial charge is 0.417 e. The highest BCUT2D eigenvalue weighted by atomic mass is 35.5. The SMILES string of the molecule is CC(C)(C)OC(=O)NC1CCN(CC(O)Cn2nc(-c3ccc(C(F)(F)F)c(-c4ccc(Cl)cc4)c3)c3c2CCN(S(C)(=O)=O)C3)CC1. The molecule has 15 heteroatoms. The molecule has 2 N–H and O–H groups in total. The number of hydrogen-bond donors (Lipinski definition) is 2. The number of likely N-dealkylation sites (tertiary alicyclic amines) is 1. The Morgan fingerprint density at radius 2 is 1.71 bits per heavy atom. The second-order valence-corrected chi connectivity index (χ2v) is 15.9. The van der Waals surface area contributed by atoms with E-state index in [1.807, 2.05) is 0 Å². The highest BCUT2D eigenvalue weighted by molar-refractivity contribution is 7.88. The highest BCUT2D eigenvalue weighted by Gasteiger charge is 2.35. The standard InChI is InChI=1S/C33H41ClF3N5O5S/c1-32(2,3)47-31(44)38-24-11-14-40(15-12-24)18-25(43)19-42-29-13-16-41(48(4,45)46)20-27(29)30(39-42)22-7-10-28(33(35,36)37)26(17-22)21-5-8-23(34)9-6-21/h5-10,17,24-25,43H,11-16,18-20H2,1-4H3,(H,38,44). The number of benzene rings is 2. The van der Waals surface area contributed by atoms with E-state index < -0.39 is 39.6 Å². The Balaban J connectivity index is 1.38. The van der Waals surface area contributed by atoms with Gasteiger partial charge in [0.2, 0.25) is 10.0 Å². The van der Waals surface area contributed by atoms with Crippen LogP contribution in [0.25, 0.3) is 22.4 Å². The summed E-state index contributed by atoms with van der Waals surface area (Å²) in [6, 6.07) is 9.82. The number of sulfonamides is 1. The van der Waals surface area contributed by atoms with Crippen LogP contribution in [0.4, 0.5) is 18.0 Å². The topological polar surface area (TPSA) is 117 Å². The number of aliphatic hydroxyl groups is 1. The molecule has 262 valence electrons. The molecule has 1 saturated heterocycles. The zero-order chi connectivity index (χ0) is 35.0. The Kier molecular flexibility index (Phi) is 10.5. The lowest BCUT2D eigenvalue weighted by molar-refractivity contribution is -0.137. The number of fused-ring (bicyclic) bond motifs is 1. The molecule has 0 radical (unpaired) electrons. The fourth-order valence-corrected chi connectivity index (χ4v) is 7.14. The molecule has 10 nitrogen and oxygen atoms in total. The van der Waals surface area contributed by atoms with Crippen molar-refractivity contribution >= 4 is 27.7 Å². The Labute approximate surface area is 283 Å². The predicted molar refractivity (Wildman–Crippen MR) is 177 cm³/mol. The summed E-state index contributed by atoms with van der Waals surface area (Å²) in [4.78, 5) is 14.3. The van der Waals surface area contributed by atoms with Crippen LogP contribution in [0.15, 0.2) is 42.5 Å². The van der Waals surface area contributed by atoms with Crippen molar-refractivity contribution in [1.82, 2.24) is 24.3 Å². The van der Waals surface area contributed by atoms with Crippen LogP contribution in [0.2, 0.25) is 5.02 Å². The molecule has 48 heavy (non-hydrogen) atoms. The molecule has 3 aromatic rings. The van der Waals surface area contributed by atoms with Crippen LogP contribution in [-0.2, 0) is 40.4 Å². The number of piperidine rings is 1. The van der Waals surface area contributed by atoms with Gasteiger partial charge in [0.25, 0.3) is 0 Å². The van der Waals surface area contributed by atoms with E-state index in [1.165, 1.54) is 40.7 Å². The summed E-state index contributed by atoms with van der Waals surface area (Å²) in [7, 11) is -3.56. The van der Waals surface area contributed by atoms with Gasteiger partial charge in [0.05, 0.1) is 30.2 Å². The van der Waals surface area contributed by atoms with Gasteiger partial charge in [0.1, 0.15) is 5.60 Å². The number of aliphatic hydroxyl groups excluding tert-OH is 1. The molecule has 2 aliphatic rings. The first-order valence-corrected chi connectivity index (χ1v) is 18.0. The zero-order valence-electron chi connectivity index (χ0n) is 27.3. The molecule has 1 amide bonds. The maximum atomic E-state index is 14.1.